The fraction of sp³-hybridized carbons (Fsp3) is 0.239. The third kappa shape index (κ3) is 7.79. The minimum atomic E-state index is -0.886. The molecule has 2 aromatic heterocycles. The van der Waals surface area contributed by atoms with Crippen molar-refractivity contribution in [1.82, 2.24) is 14.5 Å². The fourth-order valence-electron chi connectivity index (χ4n) is 7.42. The van der Waals surface area contributed by atoms with E-state index in [2.05, 4.69) is 27.8 Å². The van der Waals surface area contributed by atoms with Gasteiger partial charge in [-0.15, -0.1) is 0 Å². The molecule has 0 bridgehead atoms. The first-order valence-corrected chi connectivity index (χ1v) is 18.9. The van der Waals surface area contributed by atoms with E-state index in [-0.39, 0.29) is 26.2 Å². The van der Waals surface area contributed by atoms with Crippen LogP contribution in [-0.2, 0) is 33.8 Å². The Kier molecular flexibility index (Phi) is 10.9. The van der Waals surface area contributed by atoms with Gasteiger partial charge in [-0.3, -0.25) is 4.79 Å². The summed E-state index contributed by atoms with van der Waals surface area (Å²) in [6, 6.07) is 39.2. The van der Waals surface area contributed by atoms with E-state index >= 15 is 0 Å². The van der Waals surface area contributed by atoms with Gasteiger partial charge >= 0.3 is 6.09 Å². The van der Waals surface area contributed by atoms with Crippen LogP contribution in [0.1, 0.15) is 29.0 Å². The first-order chi connectivity index (χ1) is 27.9. The minimum Gasteiger partial charge on any atom is -0.493 e. The number of cyclic esters (lactones) is 1. The predicted octanol–water partition coefficient (Wildman–Crippen LogP) is 8.77. The number of methoxy groups -OCH3 is 2. The van der Waals surface area contributed by atoms with Crippen molar-refractivity contribution in [3.8, 4) is 28.7 Å². The highest BCUT2D eigenvalue weighted by atomic mass is 16.6. The molecule has 2 atom stereocenters. The van der Waals surface area contributed by atoms with Crippen molar-refractivity contribution in [2.24, 2.45) is 0 Å². The quantitative estimate of drug-likeness (QED) is 0.101. The Morgan fingerprint density at radius 1 is 0.825 bits per heavy atom. The van der Waals surface area contributed by atoms with Gasteiger partial charge in [0.25, 0.3) is 5.91 Å². The summed E-state index contributed by atoms with van der Waals surface area (Å²) >= 11 is 0. The number of benzene rings is 5. The van der Waals surface area contributed by atoms with Gasteiger partial charge in [0, 0.05) is 41.9 Å². The van der Waals surface area contributed by atoms with Crippen LogP contribution in [0.3, 0.4) is 0 Å². The van der Waals surface area contributed by atoms with Gasteiger partial charge in [0.15, 0.2) is 11.5 Å². The number of carbonyl (C=O) groups excluding carboxylic acids is 2. The molecule has 11 nitrogen and oxygen atoms in total. The molecule has 1 saturated heterocycles. The maximum absolute atomic E-state index is 13.6. The molecule has 1 fully saturated rings. The maximum Gasteiger partial charge on any atom is 0.417 e. The average molecular weight is 766 g/mol. The molecule has 8 rings (SSSR count). The standard InChI is InChI=1S/C46H43N3O8/c1-30-36(47-44(57-30)33-15-8-5-9-16-33)29-55-39-22-21-32(26-42(39)53-3)27-48-37-18-11-10-17-35(37)43-38(48)19-12-20-40(43)54-24-23-41(52-2)45(50)49-34(28-56-46(49)51)25-31-13-6-4-7-14-31/h4-22,26,34,41H,23-25,27-29H2,1-3H3. The number of para-hydroxylation sites is 1. The summed E-state index contributed by atoms with van der Waals surface area (Å²) in [5, 5.41) is 2.00. The predicted molar refractivity (Wildman–Crippen MR) is 216 cm³/mol. The lowest BCUT2D eigenvalue weighted by Gasteiger charge is -2.24. The summed E-state index contributed by atoms with van der Waals surface area (Å²) < 4.78 is 37.5. The summed E-state index contributed by atoms with van der Waals surface area (Å²) in [4.78, 5) is 32.2. The molecule has 1 aliphatic rings. The number of aryl methyl sites for hydroxylation is 1. The average Bonchev–Trinajstić information content (AvgIpc) is 3.91. The van der Waals surface area contributed by atoms with Crippen molar-refractivity contribution < 1.29 is 37.7 Å². The Morgan fingerprint density at radius 2 is 1.58 bits per heavy atom. The molecule has 5 aromatic carbocycles. The second kappa shape index (κ2) is 16.6. The normalized spacial score (nSPS) is 14.5. The van der Waals surface area contributed by atoms with Gasteiger partial charge in [-0.1, -0.05) is 78.9 Å². The number of amides is 2. The zero-order valence-electron chi connectivity index (χ0n) is 32.1. The molecule has 0 aliphatic carbocycles. The Hall–Kier alpha value is -6.59. The molecule has 0 spiro atoms. The van der Waals surface area contributed by atoms with Crippen molar-refractivity contribution in [3.05, 3.63) is 144 Å². The molecule has 7 aromatic rings. The molecule has 57 heavy (non-hydrogen) atoms. The molecule has 3 heterocycles. The van der Waals surface area contributed by atoms with E-state index in [0.29, 0.717) is 41.9 Å². The molecule has 290 valence electrons. The molecule has 0 N–H and O–H groups in total. The molecule has 1 aliphatic heterocycles. The van der Waals surface area contributed by atoms with E-state index in [9.17, 15) is 9.59 Å². The zero-order chi connectivity index (χ0) is 39.3. The Bertz CT molecular complexity index is 2510. The van der Waals surface area contributed by atoms with E-state index in [0.717, 1.165) is 44.2 Å². The number of aromatic nitrogens is 2. The molecular formula is C46H43N3O8. The van der Waals surface area contributed by atoms with Crippen molar-refractivity contribution in [2.75, 3.05) is 27.4 Å². The van der Waals surface area contributed by atoms with Gasteiger partial charge in [0.05, 0.1) is 25.3 Å². The molecule has 0 saturated carbocycles. The van der Waals surface area contributed by atoms with E-state index in [1.54, 1.807) is 7.11 Å². The van der Waals surface area contributed by atoms with Gasteiger partial charge < -0.3 is 32.7 Å². The van der Waals surface area contributed by atoms with E-state index < -0.39 is 24.1 Å². The van der Waals surface area contributed by atoms with Crippen LogP contribution < -0.4 is 14.2 Å². The largest absolute Gasteiger partial charge is 0.493 e. The second-order valence-corrected chi connectivity index (χ2v) is 13.9. The molecule has 2 amide bonds. The van der Waals surface area contributed by atoms with Crippen molar-refractivity contribution in [3.63, 3.8) is 0 Å². The van der Waals surface area contributed by atoms with Crippen LogP contribution in [0.25, 0.3) is 33.3 Å². The lowest BCUT2D eigenvalue weighted by atomic mass is 10.1. The zero-order valence-corrected chi connectivity index (χ0v) is 32.1. The summed E-state index contributed by atoms with van der Waals surface area (Å²) in [6.45, 7) is 3.00. The van der Waals surface area contributed by atoms with E-state index in [1.165, 1.54) is 12.0 Å². The van der Waals surface area contributed by atoms with Gasteiger partial charge in [-0.05, 0) is 66.9 Å². The minimum absolute atomic E-state index is 0.142. The molecular weight excluding hydrogens is 723 g/mol. The Morgan fingerprint density at radius 3 is 2.37 bits per heavy atom. The van der Waals surface area contributed by atoms with Gasteiger partial charge in [-0.2, -0.15) is 0 Å². The number of oxazole rings is 1. The van der Waals surface area contributed by atoms with Crippen LogP contribution >= 0.6 is 0 Å². The van der Waals surface area contributed by atoms with Gasteiger partial charge in [-0.25, -0.2) is 14.7 Å². The van der Waals surface area contributed by atoms with Crippen molar-refractivity contribution >= 4 is 33.8 Å². The fourth-order valence-corrected chi connectivity index (χ4v) is 7.42. The second-order valence-electron chi connectivity index (χ2n) is 13.9. The van der Waals surface area contributed by atoms with E-state index in [1.807, 2.05) is 110 Å². The molecule has 11 heteroatoms. The first kappa shape index (κ1) is 37.3. The maximum atomic E-state index is 13.6. The molecule has 2 unspecified atom stereocenters. The SMILES string of the molecule is COc1cc(Cn2c3ccccc3c3c(OCCC(OC)C(=O)N4C(=O)OCC4Cc4ccccc4)cccc32)ccc1OCc1nc(-c2ccccc2)oc1C. The number of nitrogens with zero attached hydrogens (tertiary/aromatic N) is 3. The van der Waals surface area contributed by atoms with Crippen LogP contribution in [0, 0.1) is 6.92 Å². The third-order valence-corrected chi connectivity index (χ3v) is 10.3. The lowest BCUT2D eigenvalue weighted by Crippen LogP contribution is -2.46. The smallest absolute Gasteiger partial charge is 0.417 e. The summed E-state index contributed by atoms with van der Waals surface area (Å²) in [7, 11) is 3.10. The number of imide groups is 1. The van der Waals surface area contributed by atoms with Gasteiger partial charge in [0.1, 0.15) is 36.5 Å². The number of hydrogen-bond donors (Lipinski definition) is 0. The Balaban J connectivity index is 0.973. The van der Waals surface area contributed by atoms with Crippen LogP contribution in [0.2, 0.25) is 0 Å². The van der Waals surface area contributed by atoms with Crippen molar-refractivity contribution in [2.45, 2.75) is 45.1 Å². The van der Waals surface area contributed by atoms with E-state index in [4.69, 9.17) is 28.1 Å². The number of rotatable bonds is 15. The van der Waals surface area contributed by atoms with Crippen LogP contribution in [0.5, 0.6) is 17.2 Å². The highest BCUT2D eigenvalue weighted by molar-refractivity contribution is 6.11. The van der Waals surface area contributed by atoms with Crippen LogP contribution in [-0.4, -0.2) is 66.0 Å². The Labute approximate surface area is 330 Å². The van der Waals surface area contributed by atoms with Gasteiger partial charge in [0.2, 0.25) is 5.89 Å². The number of hydrogen-bond acceptors (Lipinski definition) is 9. The summed E-state index contributed by atoms with van der Waals surface area (Å²) in [5.41, 5.74) is 5.69. The topological polar surface area (TPSA) is 114 Å². The lowest BCUT2D eigenvalue weighted by molar-refractivity contribution is -0.140. The highest BCUT2D eigenvalue weighted by Gasteiger charge is 2.41. The number of carbonyl (C=O) groups is 2. The first-order valence-electron chi connectivity index (χ1n) is 18.9. The summed E-state index contributed by atoms with van der Waals surface area (Å²) in [6.07, 6.45) is -0.796. The third-order valence-electron chi connectivity index (χ3n) is 10.3. The number of fused-ring (bicyclic) bond motifs is 3. The molecule has 0 radical (unpaired) electrons. The van der Waals surface area contributed by atoms with Crippen LogP contribution in [0.4, 0.5) is 4.79 Å². The highest BCUT2D eigenvalue weighted by Crippen LogP contribution is 2.37. The number of ether oxygens (including phenoxy) is 5. The monoisotopic (exact) mass is 765 g/mol. The van der Waals surface area contributed by atoms with Crippen LogP contribution in [0.15, 0.2) is 126 Å². The van der Waals surface area contributed by atoms with Crippen molar-refractivity contribution in [1.29, 1.82) is 0 Å². The summed E-state index contributed by atoms with van der Waals surface area (Å²) in [5.74, 6) is 2.72.